The highest BCUT2D eigenvalue weighted by Gasteiger charge is 2.10. The lowest BCUT2D eigenvalue weighted by Crippen LogP contribution is -2.18. The molecule has 0 radical (unpaired) electrons. The maximum absolute atomic E-state index is 5.17. The van der Waals surface area contributed by atoms with E-state index in [9.17, 15) is 0 Å². The molecule has 0 aliphatic rings. The Bertz CT molecular complexity index is 526. The van der Waals surface area contributed by atoms with Crippen LogP contribution in [0.2, 0.25) is 0 Å². The van der Waals surface area contributed by atoms with Crippen molar-refractivity contribution in [2.75, 3.05) is 13.6 Å². The summed E-state index contributed by atoms with van der Waals surface area (Å²) in [5.41, 5.74) is 3.32. The smallest absolute Gasteiger partial charge is 0.138 e. The highest BCUT2D eigenvalue weighted by atomic mass is 16.5. The first-order chi connectivity index (χ1) is 9.16. The van der Waals surface area contributed by atoms with Gasteiger partial charge in [0.05, 0.1) is 5.69 Å². The van der Waals surface area contributed by atoms with E-state index in [-0.39, 0.29) is 0 Å². The molecular weight excluding hydrogens is 238 g/mol. The standard InChI is InChI=1S/C15H19N3O/c1-12-15(13(2)19-17-12)11-18(3)10-4-5-14-6-8-16-9-7-14/h4-9H,10-11H2,1-3H3/b5-4+. The van der Waals surface area contributed by atoms with Crippen LogP contribution in [0, 0.1) is 13.8 Å². The average molecular weight is 257 g/mol. The van der Waals surface area contributed by atoms with Gasteiger partial charge in [-0.15, -0.1) is 0 Å². The Hall–Kier alpha value is -1.94. The number of pyridine rings is 1. The second kappa shape index (κ2) is 6.29. The maximum Gasteiger partial charge on any atom is 0.138 e. The Morgan fingerprint density at radius 1 is 1.26 bits per heavy atom. The van der Waals surface area contributed by atoms with Crippen LogP contribution >= 0.6 is 0 Å². The van der Waals surface area contributed by atoms with Crippen molar-refractivity contribution in [2.24, 2.45) is 0 Å². The minimum absolute atomic E-state index is 0.849. The third-order valence-electron chi connectivity index (χ3n) is 3.04. The van der Waals surface area contributed by atoms with Crippen molar-refractivity contribution in [2.45, 2.75) is 20.4 Å². The van der Waals surface area contributed by atoms with Gasteiger partial charge in [-0.1, -0.05) is 17.3 Å². The summed E-state index contributed by atoms with van der Waals surface area (Å²) < 4.78 is 5.17. The van der Waals surface area contributed by atoms with E-state index in [4.69, 9.17) is 4.52 Å². The highest BCUT2D eigenvalue weighted by Crippen LogP contribution is 2.14. The predicted molar refractivity (Wildman–Crippen MR) is 75.6 cm³/mol. The van der Waals surface area contributed by atoms with Crippen LogP contribution in [0.5, 0.6) is 0 Å². The second-order valence-electron chi connectivity index (χ2n) is 4.68. The molecule has 19 heavy (non-hydrogen) atoms. The van der Waals surface area contributed by atoms with Crippen LogP contribution in [0.1, 0.15) is 22.6 Å². The van der Waals surface area contributed by atoms with Crippen LogP contribution in [0.25, 0.3) is 6.08 Å². The largest absolute Gasteiger partial charge is 0.361 e. The van der Waals surface area contributed by atoms with Gasteiger partial charge in [0, 0.05) is 31.0 Å². The number of rotatable bonds is 5. The molecule has 0 spiro atoms. The van der Waals surface area contributed by atoms with E-state index in [1.54, 1.807) is 12.4 Å². The average Bonchev–Trinajstić information content (AvgIpc) is 2.72. The predicted octanol–water partition coefficient (Wildman–Crippen LogP) is 2.83. The lowest BCUT2D eigenvalue weighted by Gasteiger charge is -2.13. The number of hydrogen-bond donors (Lipinski definition) is 0. The minimum atomic E-state index is 0.849. The Balaban J connectivity index is 1.89. The van der Waals surface area contributed by atoms with Gasteiger partial charge in [0.2, 0.25) is 0 Å². The molecule has 0 bridgehead atoms. The zero-order valence-corrected chi connectivity index (χ0v) is 11.6. The van der Waals surface area contributed by atoms with Gasteiger partial charge < -0.3 is 4.52 Å². The Labute approximate surface area is 113 Å². The summed E-state index contributed by atoms with van der Waals surface area (Å²) in [5, 5.41) is 3.97. The first-order valence-corrected chi connectivity index (χ1v) is 6.33. The van der Waals surface area contributed by atoms with Gasteiger partial charge >= 0.3 is 0 Å². The SMILES string of the molecule is Cc1noc(C)c1CN(C)C/C=C/c1ccncc1. The van der Waals surface area contributed by atoms with Crippen LogP contribution in [-0.4, -0.2) is 28.6 Å². The monoisotopic (exact) mass is 257 g/mol. The Kier molecular flexibility index (Phi) is 4.47. The fourth-order valence-corrected chi connectivity index (χ4v) is 1.91. The van der Waals surface area contributed by atoms with E-state index in [1.807, 2.05) is 26.0 Å². The fourth-order valence-electron chi connectivity index (χ4n) is 1.91. The lowest BCUT2D eigenvalue weighted by atomic mass is 10.2. The molecule has 0 fully saturated rings. The zero-order valence-electron chi connectivity index (χ0n) is 11.6. The molecule has 0 aliphatic carbocycles. The number of nitrogens with zero attached hydrogens (tertiary/aromatic N) is 3. The lowest BCUT2D eigenvalue weighted by molar-refractivity contribution is 0.355. The number of hydrogen-bond acceptors (Lipinski definition) is 4. The Morgan fingerprint density at radius 3 is 2.63 bits per heavy atom. The van der Waals surface area contributed by atoms with Crippen molar-refractivity contribution in [1.29, 1.82) is 0 Å². The molecule has 2 aromatic heterocycles. The summed E-state index contributed by atoms with van der Waals surface area (Å²) >= 11 is 0. The molecule has 4 heteroatoms. The van der Waals surface area contributed by atoms with Gasteiger partial charge in [0.1, 0.15) is 5.76 Å². The summed E-state index contributed by atoms with van der Waals surface area (Å²) in [6.07, 6.45) is 7.85. The molecule has 0 amide bonds. The van der Waals surface area contributed by atoms with Gasteiger partial charge in [-0.05, 0) is 38.6 Å². The molecular formula is C15H19N3O. The van der Waals surface area contributed by atoms with Gasteiger partial charge in [0.25, 0.3) is 0 Å². The van der Waals surface area contributed by atoms with E-state index >= 15 is 0 Å². The summed E-state index contributed by atoms with van der Waals surface area (Å²) in [6, 6.07) is 3.98. The van der Waals surface area contributed by atoms with E-state index in [0.29, 0.717) is 0 Å². The van der Waals surface area contributed by atoms with E-state index in [1.165, 1.54) is 11.1 Å². The fraction of sp³-hybridized carbons (Fsp3) is 0.333. The number of aryl methyl sites for hydroxylation is 2. The van der Waals surface area contributed by atoms with Crippen LogP contribution < -0.4 is 0 Å². The summed E-state index contributed by atoms with van der Waals surface area (Å²) in [7, 11) is 2.09. The van der Waals surface area contributed by atoms with Crippen molar-refractivity contribution in [3.63, 3.8) is 0 Å². The first kappa shape index (κ1) is 13.5. The highest BCUT2D eigenvalue weighted by molar-refractivity contribution is 5.47. The molecule has 0 aromatic carbocycles. The van der Waals surface area contributed by atoms with E-state index in [2.05, 4.69) is 34.2 Å². The molecule has 2 heterocycles. The molecule has 0 saturated carbocycles. The summed E-state index contributed by atoms with van der Waals surface area (Å²) in [5.74, 6) is 0.905. The van der Waals surface area contributed by atoms with Crippen molar-refractivity contribution in [3.8, 4) is 0 Å². The molecule has 0 unspecified atom stereocenters. The van der Waals surface area contributed by atoms with Crippen molar-refractivity contribution in [3.05, 3.63) is 53.2 Å². The van der Waals surface area contributed by atoms with Crippen molar-refractivity contribution in [1.82, 2.24) is 15.0 Å². The van der Waals surface area contributed by atoms with Gasteiger partial charge in [-0.25, -0.2) is 0 Å². The second-order valence-corrected chi connectivity index (χ2v) is 4.68. The summed E-state index contributed by atoms with van der Waals surface area (Å²) in [4.78, 5) is 6.22. The minimum Gasteiger partial charge on any atom is -0.361 e. The maximum atomic E-state index is 5.17. The van der Waals surface area contributed by atoms with Crippen LogP contribution in [0.15, 0.2) is 35.1 Å². The van der Waals surface area contributed by atoms with Crippen LogP contribution in [0.4, 0.5) is 0 Å². The molecule has 4 nitrogen and oxygen atoms in total. The van der Waals surface area contributed by atoms with Crippen molar-refractivity contribution >= 4 is 6.08 Å². The molecule has 2 aromatic rings. The zero-order chi connectivity index (χ0) is 13.7. The normalized spacial score (nSPS) is 11.6. The molecule has 0 atom stereocenters. The van der Waals surface area contributed by atoms with Gasteiger partial charge in [-0.2, -0.15) is 0 Å². The van der Waals surface area contributed by atoms with Crippen molar-refractivity contribution < 1.29 is 4.52 Å². The number of aromatic nitrogens is 2. The molecule has 0 N–H and O–H groups in total. The van der Waals surface area contributed by atoms with Gasteiger partial charge in [-0.3, -0.25) is 9.88 Å². The first-order valence-electron chi connectivity index (χ1n) is 6.33. The third-order valence-corrected chi connectivity index (χ3v) is 3.04. The molecule has 2 rings (SSSR count). The molecule has 100 valence electrons. The molecule has 0 aliphatic heterocycles. The topological polar surface area (TPSA) is 42.2 Å². The summed E-state index contributed by atoms with van der Waals surface area (Å²) in [6.45, 7) is 5.66. The van der Waals surface area contributed by atoms with Crippen LogP contribution in [-0.2, 0) is 6.54 Å². The third kappa shape index (κ3) is 3.76. The van der Waals surface area contributed by atoms with Crippen LogP contribution in [0.3, 0.4) is 0 Å². The molecule has 0 saturated heterocycles. The quantitative estimate of drug-likeness (QED) is 0.826. The van der Waals surface area contributed by atoms with Gasteiger partial charge in [0.15, 0.2) is 0 Å². The Morgan fingerprint density at radius 2 is 2.00 bits per heavy atom. The number of likely N-dealkylation sites (N-methyl/N-ethyl adjacent to an activating group) is 1. The van der Waals surface area contributed by atoms with E-state index < -0.39 is 0 Å². The van der Waals surface area contributed by atoms with E-state index in [0.717, 1.165) is 24.5 Å².